The van der Waals surface area contributed by atoms with Crippen LogP contribution in [0.5, 0.6) is 17.2 Å². The number of thiazole rings is 1. The average molecular weight is 397 g/mol. The van der Waals surface area contributed by atoms with Crippen LogP contribution in [-0.4, -0.2) is 29.1 Å². The maximum atomic E-state index is 12.7. The molecule has 4 rings (SSSR count). The van der Waals surface area contributed by atoms with Crippen molar-refractivity contribution in [3.05, 3.63) is 57.8 Å². The van der Waals surface area contributed by atoms with E-state index < -0.39 is 0 Å². The Balaban J connectivity index is 1.42. The molecule has 0 saturated heterocycles. The first kappa shape index (κ1) is 18.2. The number of amides is 1. The molecule has 0 aliphatic carbocycles. The van der Waals surface area contributed by atoms with E-state index in [1.807, 2.05) is 26.0 Å². The minimum absolute atomic E-state index is 0.213. The maximum Gasteiger partial charge on any atom is 0.267 e. The molecular weight excluding hydrogens is 378 g/mol. The van der Waals surface area contributed by atoms with E-state index in [4.69, 9.17) is 14.2 Å². The minimum atomic E-state index is -0.213. The Morgan fingerprint density at radius 1 is 1.18 bits per heavy atom. The van der Waals surface area contributed by atoms with Gasteiger partial charge in [-0.25, -0.2) is 4.98 Å². The molecule has 0 bridgehead atoms. The van der Waals surface area contributed by atoms with E-state index >= 15 is 0 Å². The largest absolute Gasteiger partial charge is 0.486 e. The molecule has 0 radical (unpaired) electrons. The monoisotopic (exact) mass is 397 g/mol. The summed E-state index contributed by atoms with van der Waals surface area (Å²) in [6, 6.07) is 9.08. The summed E-state index contributed by atoms with van der Waals surface area (Å²) in [5.41, 5.74) is 2.24. The Morgan fingerprint density at radius 3 is 2.79 bits per heavy atom. The molecule has 2 aromatic heterocycles. The number of aromatic nitrogens is 2. The number of nitrogens with one attached hydrogen (secondary N) is 1. The summed E-state index contributed by atoms with van der Waals surface area (Å²) >= 11 is 1.31. The topological polar surface area (TPSA) is 82.6 Å². The second kappa shape index (κ2) is 7.85. The molecule has 1 N–H and O–H groups in total. The van der Waals surface area contributed by atoms with Crippen LogP contribution in [0.15, 0.2) is 36.5 Å². The van der Waals surface area contributed by atoms with Gasteiger partial charge in [0.1, 0.15) is 35.5 Å². The van der Waals surface area contributed by atoms with Gasteiger partial charge in [-0.1, -0.05) is 0 Å². The summed E-state index contributed by atoms with van der Waals surface area (Å²) in [6.07, 6.45) is 1.67. The summed E-state index contributed by atoms with van der Waals surface area (Å²) in [6.45, 7) is 5.04. The molecule has 3 heterocycles. The number of carbonyl (C=O) groups is 1. The second-order valence-electron chi connectivity index (χ2n) is 6.26. The first-order valence-corrected chi connectivity index (χ1v) is 9.63. The summed E-state index contributed by atoms with van der Waals surface area (Å²) in [5, 5.41) is 3.61. The van der Waals surface area contributed by atoms with Crippen LogP contribution in [0.3, 0.4) is 0 Å². The van der Waals surface area contributed by atoms with Crippen molar-refractivity contribution in [2.75, 3.05) is 18.5 Å². The third-order valence-corrected chi connectivity index (χ3v) is 5.22. The molecule has 0 unspecified atom stereocenters. The van der Waals surface area contributed by atoms with Crippen molar-refractivity contribution in [3.63, 3.8) is 0 Å². The van der Waals surface area contributed by atoms with Crippen LogP contribution in [0.25, 0.3) is 0 Å². The Hall–Kier alpha value is -3.13. The average Bonchev–Trinajstić information content (AvgIpc) is 3.08. The number of fused-ring (bicyclic) bond motifs is 1. The summed E-state index contributed by atoms with van der Waals surface area (Å²) < 4.78 is 16.7. The van der Waals surface area contributed by atoms with E-state index in [1.165, 1.54) is 11.3 Å². The number of carbonyl (C=O) groups excluding carboxylic acids is 1. The molecule has 144 valence electrons. The van der Waals surface area contributed by atoms with Gasteiger partial charge < -0.3 is 19.5 Å². The minimum Gasteiger partial charge on any atom is -0.486 e. The molecule has 0 spiro atoms. The first-order valence-electron chi connectivity index (χ1n) is 8.81. The lowest BCUT2D eigenvalue weighted by molar-refractivity contribution is 0.102. The lowest BCUT2D eigenvalue weighted by atomic mass is 10.2. The third kappa shape index (κ3) is 4.07. The van der Waals surface area contributed by atoms with Crippen molar-refractivity contribution in [1.82, 2.24) is 9.97 Å². The number of pyridine rings is 1. The molecule has 1 aliphatic rings. The van der Waals surface area contributed by atoms with Gasteiger partial charge in [-0.2, -0.15) is 0 Å². The maximum absolute atomic E-state index is 12.7. The van der Waals surface area contributed by atoms with Crippen LogP contribution in [-0.2, 0) is 6.61 Å². The molecular formula is C20H19N3O4S. The normalized spacial score (nSPS) is 12.5. The standard InChI is InChI=1S/C20H19N3O4S/c1-12-3-5-15(10-21-12)27-11-18-22-13(2)19(28-18)20(24)23-14-4-6-16-17(9-14)26-8-7-25-16/h3-6,9-10H,7-8,11H2,1-2H3,(H,23,24). The van der Waals surface area contributed by atoms with E-state index in [1.54, 1.807) is 24.4 Å². The fraction of sp³-hybridized carbons (Fsp3) is 0.250. The van der Waals surface area contributed by atoms with Gasteiger partial charge >= 0.3 is 0 Å². The predicted octanol–water partition coefficient (Wildman–Crippen LogP) is 3.76. The molecule has 0 atom stereocenters. The number of benzene rings is 1. The zero-order valence-electron chi connectivity index (χ0n) is 15.5. The van der Waals surface area contributed by atoms with Crippen molar-refractivity contribution >= 4 is 22.9 Å². The number of rotatable bonds is 5. The van der Waals surface area contributed by atoms with Gasteiger partial charge in [0.05, 0.1) is 11.9 Å². The fourth-order valence-corrected chi connectivity index (χ4v) is 3.59. The number of aryl methyl sites for hydroxylation is 2. The highest BCUT2D eigenvalue weighted by molar-refractivity contribution is 7.13. The van der Waals surface area contributed by atoms with Gasteiger partial charge in [-0.15, -0.1) is 11.3 Å². The van der Waals surface area contributed by atoms with Crippen LogP contribution < -0.4 is 19.5 Å². The summed E-state index contributed by atoms with van der Waals surface area (Å²) in [7, 11) is 0. The van der Waals surface area contributed by atoms with Crippen molar-refractivity contribution in [3.8, 4) is 17.2 Å². The van der Waals surface area contributed by atoms with Crippen molar-refractivity contribution in [2.45, 2.75) is 20.5 Å². The second-order valence-corrected chi connectivity index (χ2v) is 7.34. The molecule has 0 saturated carbocycles. The Morgan fingerprint density at radius 2 is 2.00 bits per heavy atom. The van der Waals surface area contributed by atoms with E-state index in [2.05, 4.69) is 15.3 Å². The van der Waals surface area contributed by atoms with Crippen molar-refractivity contribution < 1.29 is 19.0 Å². The van der Waals surface area contributed by atoms with Crippen LogP contribution >= 0.6 is 11.3 Å². The Bertz CT molecular complexity index is 1000. The van der Waals surface area contributed by atoms with Gasteiger partial charge in [-0.05, 0) is 38.1 Å². The highest BCUT2D eigenvalue weighted by Crippen LogP contribution is 2.33. The number of ether oxygens (including phenoxy) is 3. The van der Waals surface area contributed by atoms with Crippen LogP contribution in [0.4, 0.5) is 5.69 Å². The zero-order chi connectivity index (χ0) is 19.5. The van der Waals surface area contributed by atoms with Crippen LogP contribution in [0, 0.1) is 13.8 Å². The predicted molar refractivity (Wildman–Crippen MR) is 106 cm³/mol. The highest BCUT2D eigenvalue weighted by Gasteiger charge is 2.18. The lowest BCUT2D eigenvalue weighted by Gasteiger charge is -2.18. The van der Waals surface area contributed by atoms with Gasteiger partial charge in [0.2, 0.25) is 0 Å². The van der Waals surface area contributed by atoms with Crippen LogP contribution in [0.2, 0.25) is 0 Å². The zero-order valence-corrected chi connectivity index (χ0v) is 16.3. The summed E-state index contributed by atoms with van der Waals surface area (Å²) in [5.74, 6) is 1.77. The Labute approximate surface area is 166 Å². The van der Waals surface area contributed by atoms with E-state index in [0.717, 1.165) is 10.7 Å². The van der Waals surface area contributed by atoms with Crippen molar-refractivity contribution in [1.29, 1.82) is 0 Å². The molecule has 1 aliphatic heterocycles. The highest BCUT2D eigenvalue weighted by atomic mass is 32.1. The lowest BCUT2D eigenvalue weighted by Crippen LogP contribution is -2.16. The molecule has 8 heteroatoms. The van der Waals surface area contributed by atoms with Gasteiger partial charge in [0.15, 0.2) is 11.5 Å². The molecule has 1 aromatic carbocycles. The number of hydrogen-bond donors (Lipinski definition) is 1. The molecule has 28 heavy (non-hydrogen) atoms. The van der Waals surface area contributed by atoms with E-state index in [-0.39, 0.29) is 12.5 Å². The molecule has 3 aromatic rings. The quantitative estimate of drug-likeness (QED) is 0.706. The number of hydrogen-bond acceptors (Lipinski definition) is 7. The number of nitrogens with zero attached hydrogens (tertiary/aromatic N) is 2. The Kier molecular flexibility index (Phi) is 5.12. The molecule has 0 fully saturated rings. The smallest absolute Gasteiger partial charge is 0.267 e. The summed E-state index contributed by atoms with van der Waals surface area (Å²) in [4.78, 5) is 21.9. The molecule has 1 amide bonds. The fourth-order valence-electron chi connectivity index (χ4n) is 2.72. The SMILES string of the molecule is Cc1ccc(OCc2nc(C)c(C(=O)Nc3ccc4c(c3)OCCO4)s2)cn1. The van der Waals surface area contributed by atoms with Crippen molar-refractivity contribution in [2.24, 2.45) is 0 Å². The first-order chi connectivity index (χ1) is 13.6. The van der Waals surface area contributed by atoms with Gasteiger partial charge in [0, 0.05) is 17.4 Å². The number of anilines is 1. The van der Waals surface area contributed by atoms with E-state index in [0.29, 0.717) is 46.7 Å². The molecule has 7 nitrogen and oxygen atoms in total. The van der Waals surface area contributed by atoms with Gasteiger partial charge in [0.25, 0.3) is 5.91 Å². The van der Waals surface area contributed by atoms with Crippen LogP contribution in [0.1, 0.15) is 26.1 Å². The third-order valence-electron chi connectivity index (χ3n) is 4.09. The van der Waals surface area contributed by atoms with E-state index in [9.17, 15) is 4.79 Å². The van der Waals surface area contributed by atoms with Gasteiger partial charge in [-0.3, -0.25) is 9.78 Å².